The minimum atomic E-state index is -0.201. The predicted octanol–water partition coefficient (Wildman–Crippen LogP) is 4.79. The molecule has 2 saturated heterocycles. The average Bonchev–Trinajstić information content (AvgIpc) is 3.73. The van der Waals surface area contributed by atoms with Crippen molar-refractivity contribution in [2.75, 3.05) is 36.1 Å². The van der Waals surface area contributed by atoms with Crippen LogP contribution >= 0.6 is 23.2 Å². The maximum absolute atomic E-state index is 12.8. The van der Waals surface area contributed by atoms with Crippen LogP contribution in [0.2, 0.25) is 10.0 Å². The van der Waals surface area contributed by atoms with Crippen molar-refractivity contribution in [1.29, 1.82) is 0 Å². The fourth-order valence-electron chi connectivity index (χ4n) is 6.82. The Morgan fingerprint density at radius 1 is 0.620 bits per heavy atom. The molecule has 0 spiro atoms. The SMILES string of the molecule is O=C1CC[C@@H](CN2C(=O)COc3nc(-c4cccc(-c5cccc(-c6ccc7c(n6)OCC(=O)N7C[C@@H]6CCC(=O)N6)c5Cl)c4Cl)ccc32)N1. The molecule has 14 heteroatoms. The topological polar surface area (TPSA) is 143 Å². The molecular weight excluding hydrogens is 683 g/mol. The quantitative estimate of drug-likeness (QED) is 0.279. The van der Waals surface area contributed by atoms with E-state index in [2.05, 4.69) is 10.6 Å². The number of hydrogen-bond donors (Lipinski definition) is 2. The smallest absolute Gasteiger partial charge is 0.265 e. The standard InChI is InChI=1S/C36H30Cl2N6O6/c37-33-21(3-1-5-23(33)25-9-11-27-35(41-25)49-17-31(47)43(27)15-19-7-13-29(45)39-19)22-4-2-6-24(34(22)38)26-10-12-28-36(42-26)50-18-32(48)44(28)16-20-8-14-30(46)40-20/h1-6,9-12,19-20H,7-8,13-18H2,(H,39,45)(H,40,46)/t19-,20-/m0/s1. The van der Waals surface area contributed by atoms with Crippen molar-refractivity contribution < 1.29 is 28.7 Å². The van der Waals surface area contributed by atoms with E-state index in [1.807, 2.05) is 36.4 Å². The molecule has 2 N–H and O–H groups in total. The number of anilines is 2. The van der Waals surface area contributed by atoms with Crippen molar-refractivity contribution in [3.05, 3.63) is 70.7 Å². The van der Waals surface area contributed by atoms with Gasteiger partial charge in [0.05, 0.1) is 21.4 Å². The summed E-state index contributed by atoms with van der Waals surface area (Å²) in [4.78, 5) is 61.7. The summed E-state index contributed by atoms with van der Waals surface area (Å²) < 4.78 is 11.5. The summed E-state index contributed by atoms with van der Waals surface area (Å²) >= 11 is 14.1. The van der Waals surface area contributed by atoms with Gasteiger partial charge in [0.2, 0.25) is 23.6 Å². The average molecular weight is 714 g/mol. The van der Waals surface area contributed by atoms with E-state index in [0.717, 1.165) is 0 Å². The molecular formula is C36H30Cl2N6O6. The first-order valence-corrected chi connectivity index (χ1v) is 17.0. The second kappa shape index (κ2) is 12.9. The van der Waals surface area contributed by atoms with E-state index < -0.39 is 0 Å². The third-order valence-electron chi connectivity index (χ3n) is 9.34. The molecule has 2 aromatic heterocycles. The highest BCUT2D eigenvalue weighted by molar-refractivity contribution is 6.39. The predicted molar refractivity (Wildman–Crippen MR) is 186 cm³/mol. The molecule has 0 radical (unpaired) electrons. The summed E-state index contributed by atoms with van der Waals surface area (Å²) in [5.41, 5.74) is 4.82. The third kappa shape index (κ3) is 5.88. The number of aromatic nitrogens is 2. The lowest BCUT2D eigenvalue weighted by atomic mass is 9.98. The van der Waals surface area contributed by atoms with Crippen molar-refractivity contribution >= 4 is 58.2 Å². The van der Waals surface area contributed by atoms with E-state index in [9.17, 15) is 19.2 Å². The number of hydrogen-bond acceptors (Lipinski definition) is 8. The maximum Gasteiger partial charge on any atom is 0.265 e. The lowest BCUT2D eigenvalue weighted by Gasteiger charge is -2.30. The minimum absolute atomic E-state index is 0.0187. The van der Waals surface area contributed by atoms with Crippen LogP contribution in [0.1, 0.15) is 25.7 Å². The van der Waals surface area contributed by atoms with Gasteiger partial charge in [0, 0.05) is 60.3 Å². The number of benzene rings is 2. The molecule has 0 unspecified atom stereocenters. The van der Waals surface area contributed by atoms with Crippen LogP contribution in [0.5, 0.6) is 11.8 Å². The summed E-state index contributed by atoms with van der Waals surface area (Å²) in [5, 5.41) is 6.66. The Morgan fingerprint density at radius 2 is 1.04 bits per heavy atom. The van der Waals surface area contributed by atoms with E-state index >= 15 is 0 Å². The number of nitrogens with one attached hydrogen (secondary N) is 2. The largest absolute Gasteiger partial charge is 0.466 e. The molecule has 8 rings (SSSR count). The van der Waals surface area contributed by atoms with Crippen LogP contribution in [-0.2, 0) is 19.2 Å². The van der Waals surface area contributed by atoms with Crippen LogP contribution in [-0.4, -0.2) is 72.0 Å². The number of amides is 4. The van der Waals surface area contributed by atoms with E-state index in [1.54, 1.807) is 34.1 Å². The summed E-state index contributed by atoms with van der Waals surface area (Å²) in [6, 6.07) is 18.1. The molecule has 254 valence electrons. The number of rotatable bonds is 7. The summed E-state index contributed by atoms with van der Waals surface area (Å²) in [6.07, 6.45) is 2.21. The Labute approximate surface area is 296 Å². The number of ether oxygens (including phenoxy) is 2. The van der Waals surface area contributed by atoms with Crippen LogP contribution in [0.4, 0.5) is 11.4 Å². The van der Waals surface area contributed by atoms with Crippen LogP contribution in [0.15, 0.2) is 60.7 Å². The normalized spacial score (nSPS) is 19.8. The highest BCUT2D eigenvalue weighted by atomic mass is 35.5. The number of halogens is 2. The summed E-state index contributed by atoms with van der Waals surface area (Å²) in [7, 11) is 0. The molecule has 12 nitrogen and oxygen atoms in total. The Hall–Kier alpha value is -5.20. The number of carbonyl (C=O) groups is 4. The van der Waals surface area contributed by atoms with Crippen LogP contribution < -0.4 is 29.9 Å². The van der Waals surface area contributed by atoms with E-state index in [-0.39, 0.29) is 48.9 Å². The van der Waals surface area contributed by atoms with Gasteiger partial charge in [0.1, 0.15) is 11.4 Å². The number of nitrogens with zero attached hydrogens (tertiary/aromatic N) is 4. The molecule has 2 fully saturated rings. The lowest BCUT2D eigenvalue weighted by Crippen LogP contribution is -2.46. The van der Waals surface area contributed by atoms with Gasteiger partial charge in [-0.1, -0.05) is 59.6 Å². The Kier molecular flexibility index (Phi) is 8.28. The zero-order valence-electron chi connectivity index (χ0n) is 26.6. The van der Waals surface area contributed by atoms with Gasteiger partial charge < -0.3 is 29.9 Å². The van der Waals surface area contributed by atoms with Crippen molar-refractivity contribution in [2.24, 2.45) is 0 Å². The van der Waals surface area contributed by atoms with Gasteiger partial charge in [-0.05, 0) is 37.1 Å². The molecule has 2 atom stereocenters. The molecule has 2 aromatic carbocycles. The molecule has 50 heavy (non-hydrogen) atoms. The van der Waals surface area contributed by atoms with E-state index in [0.29, 0.717) is 106 Å². The summed E-state index contributed by atoms with van der Waals surface area (Å²) in [6.45, 7) is 0.369. The highest BCUT2D eigenvalue weighted by Gasteiger charge is 2.33. The molecule has 0 bridgehead atoms. The Bertz CT molecular complexity index is 1950. The van der Waals surface area contributed by atoms with Crippen molar-refractivity contribution in [1.82, 2.24) is 20.6 Å². The Balaban J connectivity index is 1.08. The van der Waals surface area contributed by atoms with Crippen LogP contribution in [0.25, 0.3) is 33.6 Å². The van der Waals surface area contributed by atoms with Crippen LogP contribution in [0.3, 0.4) is 0 Å². The van der Waals surface area contributed by atoms with Crippen LogP contribution in [0, 0.1) is 0 Å². The van der Waals surface area contributed by atoms with Crippen molar-refractivity contribution in [3.8, 4) is 45.4 Å². The molecule has 6 heterocycles. The van der Waals surface area contributed by atoms with E-state index in [4.69, 9.17) is 42.6 Å². The Morgan fingerprint density at radius 3 is 1.44 bits per heavy atom. The number of pyridine rings is 2. The number of carbonyl (C=O) groups excluding carboxylic acids is 4. The molecule has 0 aliphatic carbocycles. The highest BCUT2D eigenvalue weighted by Crippen LogP contribution is 2.44. The van der Waals surface area contributed by atoms with Gasteiger partial charge in [-0.25, -0.2) is 9.97 Å². The third-order valence-corrected chi connectivity index (χ3v) is 10.2. The first kappa shape index (κ1) is 32.0. The summed E-state index contributed by atoms with van der Waals surface area (Å²) in [5.74, 6) is 0.175. The lowest BCUT2D eigenvalue weighted by molar-refractivity contribution is -0.122. The van der Waals surface area contributed by atoms with Crippen molar-refractivity contribution in [2.45, 2.75) is 37.8 Å². The first-order valence-electron chi connectivity index (χ1n) is 16.3. The fraction of sp³-hybridized carbons (Fsp3) is 0.278. The van der Waals surface area contributed by atoms with E-state index in [1.165, 1.54) is 0 Å². The second-order valence-electron chi connectivity index (χ2n) is 12.6. The molecule has 4 aliphatic rings. The van der Waals surface area contributed by atoms with Gasteiger partial charge in [0.15, 0.2) is 13.2 Å². The zero-order chi connectivity index (χ0) is 34.5. The van der Waals surface area contributed by atoms with Gasteiger partial charge >= 0.3 is 0 Å². The molecule has 4 aliphatic heterocycles. The zero-order valence-corrected chi connectivity index (χ0v) is 28.1. The van der Waals surface area contributed by atoms with Crippen molar-refractivity contribution in [3.63, 3.8) is 0 Å². The molecule has 4 amide bonds. The first-order chi connectivity index (χ1) is 24.2. The molecule has 4 aromatic rings. The van der Waals surface area contributed by atoms with Gasteiger partial charge in [-0.3, -0.25) is 19.2 Å². The molecule has 0 saturated carbocycles. The second-order valence-corrected chi connectivity index (χ2v) is 13.3. The number of fused-ring (bicyclic) bond motifs is 2. The van der Waals surface area contributed by atoms with Gasteiger partial charge in [-0.15, -0.1) is 0 Å². The van der Waals surface area contributed by atoms with Gasteiger partial charge in [-0.2, -0.15) is 0 Å². The minimum Gasteiger partial charge on any atom is -0.466 e. The monoisotopic (exact) mass is 712 g/mol. The van der Waals surface area contributed by atoms with Gasteiger partial charge in [0.25, 0.3) is 11.8 Å². The fourth-order valence-corrected chi connectivity index (χ4v) is 7.47. The maximum atomic E-state index is 12.8.